The number of nitrogens with zero attached hydrogens (tertiary/aromatic N) is 4. The Hall–Kier alpha value is -5.64. The van der Waals surface area contributed by atoms with E-state index < -0.39 is 80.5 Å². The first-order valence-corrected chi connectivity index (χ1v) is 17.4. The average molecular weight is 762 g/mol. The number of fused-ring (bicyclic) bond motifs is 1. The van der Waals surface area contributed by atoms with Gasteiger partial charge in [0.2, 0.25) is 5.95 Å². The maximum Gasteiger partial charge on any atom is 0.469 e. The number of aliphatic hydroxyl groups excluding tert-OH is 1. The maximum atomic E-state index is 13.1. The minimum absolute atomic E-state index is 0.000122. The predicted molar refractivity (Wildman–Crippen MR) is 184 cm³/mol. The molecule has 53 heavy (non-hydrogen) atoms. The highest BCUT2D eigenvalue weighted by molar-refractivity contribution is 7.46. The number of carboxylic acid groups (broad SMARTS) is 2. The smallest absolute Gasteiger partial charge is 0.469 e. The van der Waals surface area contributed by atoms with Gasteiger partial charge >= 0.3 is 25.5 Å². The van der Waals surface area contributed by atoms with E-state index in [1.807, 2.05) is 0 Å². The van der Waals surface area contributed by atoms with Crippen molar-refractivity contribution < 1.29 is 53.3 Å². The first-order chi connectivity index (χ1) is 25.0. The molecule has 3 aromatic rings. The Labute approximate surface area is 298 Å². The van der Waals surface area contributed by atoms with Crippen molar-refractivity contribution >= 4 is 54.9 Å². The summed E-state index contributed by atoms with van der Waals surface area (Å²) in [5, 5.41) is 34.1. The van der Waals surface area contributed by atoms with Crippen molar-refractivity contribution in [1.82, 2.24) is 24.8 Å². The highest BCUT2D eigenvalue weighted by Gasteiger charge is 2.37. The highest BCUT2D eigenvalue weighted by atomic mass is 31.2. The van der Waals surface area contributed by atoms with Crippen LogP contribution in [0, 0.1) is 0 Å². The van der Waals surface area contributed by atoms with E-state index in [1.54, 1.807) is 29.2 Å². The number of aromatic nitrogens is 4. The van der Waals surface area contributed by atoms with Crippen LogP contribution < -0.4 is 38.2 Å². The molecule has 0 unspecified atom stereocenters. The van der Waals surface area contributed by atoms with Gasteiger partial charge < -0.3 is 56.8 Å². The van der Waals surface area contributed by atoms with Crippen LogP contribution in [0.25, 0.3) is 6.08 Å². The summed E-state index contributed by atoms with van der Waals surface area (Å²) >= 11 is 0. The van der Waals surface area contributed by atoms with Gasteiger partial charge in [-0.25, -0.2) is 19.1 Å². The van der Waals surface area contributed by atoms with Crippen LogP contribution in [-0.4, -0.2) is 99.9 Å². The molecule has 23 heteroatoms. The third-order valence-corrected chi connectivity index (χ3v) is 8.82. The summed E-state index contributed by atoms with van der Waals surface area (Å²) in [5.41, 5.74) is 11.9. The number of aromatic amines is 1. The largest absolute Gasteiger partial charge is 0.481 e. The Bertz CT molecular complexity index is 2070. The summed E-state index contributed by atoms with van der Waals surface area (Å²) in [5.74, 6) is -3.38. The summed E-state index contributed by atoms with van der Waals surface area (Å²) in [6, 6.07) is 4.09. The molecule has 0 spiro atoms. The van der Waals surface area contributed by atoms with Gasteiger partial charge in [-0.3, -0.25) is 28.5 Å². The van der Waals surface area contributed by atoms with E-state index in [0.717, 1.165) is 4.57 Å². The van der Waals surface area contributed by atoms with Crippen LogP contribution in [-0.2, 0) is 30.0 Å². The second-order valence-corrected chi connectivity index (χ2v) is 13.3. The van der Waals surface area contributed by atoms with Gasteiger partial charge in [-0.2, -0.15) is 4.98 Å². The standard InChI is InChI=1S/C30H36N9O13P/c31-25-24-18(35-29(32)36-25)6-5-17(10-33-16-3-1-14(2-4-16)26(43)34-19(28(45)46)7-8-23(41)42)38(24)11-15-12-39(30(47)37-27(15)44)22-9-20(40)21(52-22)13-51-53(48,49)50/h1-6,12,17,19-22,33,40H,7-11,13H2,(H,34,43)(H,41,42)(H,45,46)(H,37,44,47)(H2,48,49,50)(H4,31,32,35,36)/t17-,19-,20-,21+,22+/m0/s1. The number of carbonyl (C=O) groups excluding carboxylic acids is 1. The third-order valence-electron chi connectivity index (χ3n) is 8.34. The number of phosphoric ester groups is 1. The monoisotopic (exact) mass is 761 g/mol. The number of phosphoric acid groups is 1. The second kappa shape index (κ2) is 15.9. The molecule has 2 aromatic heterocycles. The number of aliphatic carboxylic acids is 2. The van der Waals surface area contributed by atoms with Crippen molar-refractivity contribution in [3.05, 3.63) is 74.2 Å². The molecule has 5 atom stereocenters. The van der Waals surface area contributed by atoms with Crippen molar-refractivity contribution in [2.24, 2.45) is 0 Å². The molecule has 5 rings (SSSR count). The predicted octanol–water partition coefficient (Wildman–Crippen LogP) is -1.19. The van der Waals surface area contributed by atoms with E-state index in [0.29, 0.717) is 17.1 Å². The average Bonchev–Trinajstić information content (AvgIpc) is 3.45. The fourth-order valence-corrected chi connectivity index (χ4v) is 6.08. The van der Waals surface area contributed by atoms with Gasteiger partial charge in [-0.15, -0.1) is 0 Å². The van der Waals surface area contributed by atoms with Crippen molar-refractivity contribution in [3.8, 4) is 0 Å². The van der Waals surface area contributed by atoms with Crippen LogP contribution in [0.4, 0.5) is 23.1 Å². The van der Waals surface area contributed by atoms with Gasteiger partial charge in [0.1, 0.15) is 24.1 Å². The number of benzene rings is 1. The molecule has 1 saturated heterocycles. The summed E-state index contributed by atoms with van der Waals surface area (Å²) in [4.78, 5) is 91.2. The van der Waals surface area contributed by atoms with Crippen LogP contribution in [0.2, 0.25) is 0 Å². The Kier molecular flexibility index (Phi) is 11.6. The van der Waals surface area contributed by atoms with Crippen LogP contribution in [0.3, 0.4) is 0 Å². The minimum atomic E-state index is -4.87. The molecule has 284 valence electrons. The fourth-order valence-electron chi connectivity index (χ4n) is 5.74. The molecular weight excluding hydrogens is 725 g/mol. The molecule has 2 aliphatic heterocycles. The Balaban J connectivity index is 1.34. The molecule has 1 amide bonds. The number of H-pyrrole nitrogens is 1. The minimum Gasteiger partial charge on any atom is -0.481 e. The second-order valence-electron chi connectivity index (χ2n) is 12.0. The zero-order chi connectivity index (χ0) is 38.6. The molecule has 0 aliphatic carbocycles. The molecule has 22 nitrogen and oxygen atoms in total. The quantitative estimate of drug-likeness (QED) is 0.0814. The zero-order valence-corrected chi connectivity index (χ0v) is 28.5. The number of ether oxygens (including phenoxy) is 1. The number of nitrogens with one attached hydrogen (secondary N) is 3. The molecule has 4 heterocycles. The number of carbonyl (C=O) groups is 3. The van der Waals surface area contributed by atoms with Crippen LogP contribution in [0.1, 0.15) is 47.1 Å². The van der Waals surface area contributed by atoms with Gasteiger partial charge in [0, 0.05) is 36.8 Å². The number of rotatable bonds is 15. The Morgan fingerprint density at radius 1 is 1.13 bits per heavy atom. The summed E-state index contributed by atoms with van der Waals surface area (Å²) in [7, 11) is -4.87. The van der Waals surface area contributed by atoms with E-state index in [1.165, 1.54) is 18.3 Å². The maximum absolute atomic E-state index is 13.1. The van der Waals surface area contributed by atoms with E-state index in [2.05, 4.69) is 30.1 Å². The van der Waals surface area contributed by atoms with Gasteiger partial charge in [-0.05, 0) is 36.8 Å². The summed E-state index contributed by atoms with van der Waals surface area (Å²) in [6.45, 7) is -0.641. The number of nitrogens with two attached hydrogens (primary N) is 2. The van der Waals surface area contributed by atoms with Crippen molar-refractivity contribution in [3.63, 3.8) is 0 Å². The van der Waals surface area contributed by atoms with Gasteiger partial charge in [0.05, 0.1) is 36.6 Å². The Morgan fingerprint density at radius 2 is 1.85 bits per heavy atom. The van der Waals surface area contributed by atoms with Crippen molar-refractivity contribution in [2.75, 3.05) is 34.8 Å². The van der Waals surface area contributed by atoms with Crippen LogP contribution >= 0.6 is 7.82 Å². The molecule has 0 radical (unpaired) electrons. The van der Waals surface area contributed by atoms with E-state index >= 15 is 0 Å². The lowest BCUT2D eigenvalue weighted by molar-refractivity contribution is -0.140. The van der Waals surface area contributed by atoms with E-state index in [9.17, 15) is 38.8 Å². The normalized spacial score (nSPS) is 20.1. The van der Waals surface area contributed by atoms with Crippen LogP contribution in [0.15, 0.2) is 46.1 Å². The first-order valence-electron chi connectivity index (χ1n) is 15.8. The summed E-state index contributed by atoms with van der Waals surface area (Å²) in [6.07, 6.45) is 0.216. The zero-order valence-electron chi connectivity index (χ0n) is 27.6. The number of hydrogen-bond donors (Lipinski definition) is 10. The topological polar surface area (TPSA) is 348 Å². The molecule has 12 N–H and O–H groups in total. The SMILES string of the molecule is Nc1nc(N)c2c(n1)C=C[C@@H](CNc1ccc(C(=O)N[C@@H](CCC(=O)O)C(=O)O)cc1)N2Cc1cn([C@H]2C[C@H](O)[C@@H](COP(=O)(O)O)O2)c(=O)[nH]c1=O. The lowest BCUT2D eigenvalue weighted by Gasteiger charge is -2.36. The van der Waals surface area contributed by atoms with Gasteiger partial charge in [-0.1, -0.05) is 6.08 Å². The Morgan fingerprint density at radius 3 is 2.51 bits per heavy atom. The lowest BCUT2D eigenvalue weighted by Crippen LogP contribution is -2.43. The first kappa shape index (κ1) is 38.6. The summed E-state index contributed by atoms with van der Waals surface area (Å²) < 4.78 is 22.3. The molecule has 1 aromatic carbocycles. The number of anilines is 4. The van der Waals surface area contributed by atoms with Crippen molar-refractivity contribution in [2.45, 2.75) is 56.3 Å². The third kappa shape index (κ3) is 9.62. The molecule has 1 fully saturated rings. The molecule has 0 bridgehead atoms. The highest BCUT2D eigenvalue weighted by Crippen LogP contribution is 2.38. The lowest BCUT2D eigenvalue weighted by atomic mass is 10.1. The number of nitrogen functional groups attached to an aromatic ring is 2. The van der Waals surface area contributed by atoms with Crippen LogP contribution in [0.5, 0.6) is 0 Å². The van der Waals surface area contributed by atoms with Crippen molar-refractivity contribution in [1.29, 1.82) is 0 Å². The van der Waals surface area contributed by atoms with E-state index in [4.69, 9.17) is 31.1 Å². The van der Waals surface area contributed by atoms with E-state index in [-0.39, 0.29) is 48.8 Å². The number of aliphatic hydroxyl groups is 1. The number of amides is 1. The molecular formula is C30H36N9O13P. The number of hydrogen-bond acceptors (Lipinski definition) is 15. The molecule has 0 saturated carbocycles. The molecule has 2 aliphatic rings. The fraction of sp³-hybridized carbons (Fsp3) is 0.367. The number of carboxylic acids is 2. The van der Waals surface area contributed by atoms with Gasteiger partial charge in [0.15, 0.2) is 5.82 Å². The van der Waals surface area contributed by atoms with Gasteiger partial charge in [0.25, 0.3) is 11.5 Å².